The summed E-state index contributed by atoms with van der Waals surface area (Å²) < 4.78 is 6.02. The number of hydrogen-bond acceptors (Lipinski definition) is 5. The van der Waals surface area contributed by atoms with Gasteiger partial charge in [-0.2, -0.15) is 0 Å². The lowest BCUT2D eigenvalue weighted by Gasteiger charge is -2.28. The minimum Gasteiger partial charge on any atom is -0.127 e. The fourth-order valence-electron chi connectivity index (χ4n) is 1.37. The van der Waals surface area contributed by atoms with Crippen molar-refractivity contribution in [3.05, 3.63) is 0 Å². The van der Waals surface area contributed by atoms with Crippen molar-refractivity contribution in [3.8, 4) is 0 Å². The molecular formula is C6H19N6P+2. The average molecular weight is 206 g/mol. The number of nitrogens with zero attached hydrogens (tertiary/aromatic N) is 5. The molecule has 0 saturated carbocycles. The van der Waals surface area contributed by atoms with Crippen molar-refractivity contribution in [3.63, 3.8) is 0 Å². The largest absolute Gasteiger partial charge is 0.448 e. The lowest BCUT2D eigenvalue weighted by molar-refractivity contribution is 0.456. The van der Waals surface area contributed by atoms with Crippen LogP contribution in [0.25, 0.3) is 0 Å². The van der Waals surface area contributed by atoms with Gasteiger partial charge in [0.05, 0.1) is 0 Å². The lowest BCUT2D eigenvalue weighted by atomic mass is 11.2. The maximum absolute atomic E-state index is 6.84. The molecule has 0 unspecified atom stereocenters. The zero-order valence-corrected chi connectivity index (χ0v) is 10.1. The molecule has 0 amide bonds. The highest BCUT2D eigenvalue weighted by Crippen LogP contribution is 2.64. The molecular weight excluding hydrogens is 187 g/mol. The Balaban J connectivity index is 5.17. The highest BCUT2D eigenvalue weighted by atomic mass is 31.2. The van der Waals surface area contributed by atoms with Crippen molar-refractivity contribution in [1.29, 1.82) is 5.53 Å². The molecule has 0 aromatic carbocycles. The summed E-state index contributed by atoms with van der Waals surface area (Å²) in [5.41, 5.74) is 6.84. The summed E-state index contributed by atoms with van der Waals surface area (Å²) in [4.78, 5) is 7.21. The molecule has 0 aliphatic rings. The topological polar surface area (TPSA) is 60.0 Å². The number of hydrogen-bond donors (Lipinski definition) is 1. The van der Waals surface area contributed by atoms with Gasteiger partial charge < -0.3 is 0 Å². The summed E-state index contributed by atoms with van der Waals surface area (Å²) in [5, 5.41) is 0. The van der Waals surface area contributed by atoms with E-state index in [4.69, 9.17) is 5.53 Å². The van der Waals surface area contributed by atoms with Gasteiger partial charge in [-0.3, -0.25) is 0 Å². The third kappa shape index (κ3) is 2.30. The molecule has 76 valence electrons. The quantitative estimate of drug-likeness (QED) is 0.422. The first-order valence-corrected chi connectivity index (χ1v) is 5.51. The Kier molecular flexibility index (Phi) is 4.61. The van der Waals surface area contributed by atoms with Crippen LogP contribution in [0.1, 0.15) is 0 Å². The summed E-state index contributed by atoms with van der Waals surface area (Å²) in [5.74, 6) is 0. The van der Waals surface area contributed by atoms with Gasteiger partial charge in [0, 0.05) is 42.3 Å². The summed E-state index contributed by atoms with van der Waals surface area (Å²) in [6.45, 7) is 0. The monoisotopic (exact) mass is 206 g/mol. The van der Waals surface area contributed by atoms with Gasteiger partial charge in [0.1, 0.15) is 5.53 Å². The summed E-state index contributed by atoms with van der Waals surface area (Å²) >= 11 is 0. The van der Waals surface area contributed by atoms with Crippen LogP contribution >= 0.6 is 7.87 Å². The Bertz CT molecular complexity index is 185. The van der Waals surface area contributed by atoms with Crippen molar-refractivity contribution in [2.75, 3.05) is 42.3 Å². The van der Waals surface area contributed by atoms with Crippen molar-refractivity contribution >= 4 is 7.87 Å². The predicted molar refractivity (Wildman–Crippen MR) is 55.3 cm³/mol. The van der Waals surface area contributed by atoms with Gasteiger partial charge >= 0.3 is 12.8 Å². The molecule has 0 aliphatic carbocycles. The third-order valence-electron chi connectivity index (χ3n) is 1.77. The van der Waals surface area contributed by atoms with Crippen LogP contribution in [-0.2, 0) is 0 Å². The molecule has 0 aromatic rings. The van der Waals surface area contributed by atoms with Crippen LogP contribution < -0.4 is 4.91 Å². The molecule has 6 nitrogen and oxygen atoms in total. The highest BCUT2D eigenvalue weighted by molar-refractivity contribution is 7.67. The maximum Gasteiger partial charge on any atom is 0.448 e. The van der Waals surface area contributed by atoms with Crippen LogP contribution in [0.2, 0.25) is 0 Å². The van der Waals surface area contributed by atoms with Gasteiger partial charge in [0.15, 0.2) is 0 Å². The minimum absolute atomic E-state index is 1.94. The molecule has 0 fully saturated rings. The van der Waals surface area contributed by atoms with Crippen LogP contribution in [0.5, 0.6) is 0 Å². The van der Waals surface area contributed by atoms with E-state index in [0.717, 1.165) is 0 Å². The van der Waals surface area contributed by atoms with E-state index in [9.17, 15) is 0 Å². The van der Waals surface area contributed by atoms with Crippen molar-refractivity contribution in [1.82, 2.24) is 18.9 Å². The van der Waals surface area contributed by atoms with E-state index >= 15 is 0 Å². The molecule has 0 heterocycles. The first kappa shape index (κ1) is 12.6. The third-order valence-corrected chi connectivity index (χ3v) is 5.32. The van der Waals surface area contributed by atoms with Crippen LogP contribution in [0, 0.1) is 5.53 Å². The molecule has 0 spiro atoms. The van der Waals surface area contributed by atoms with Gasteiger partial charge in [0.2, 0.25) is 0 Å². The number of rotatable bonds is 4. The SMILES string of the molecule is CN(C)[P+](N=[N+]=N)(N(C)C)N(C)C. The number of nitrogens with one attached hydrogen (secondary N) is 1. The van der Waals surface area contributed by atoms with E-state index < -0.39 is 7.87 Å². The normalized spacial score (nSPS) is 12.4. The Hall–Kier alpha value is -0.380. The fourth-order valence-corrected chi connectivity index (χ4v) is 4.12. The lowest BCUT2D eigenvalue weighted by Crippen LogP contribution is -2.34. The van der Waals surface area contributed by atoms with Gasteiger partial charge in [-0.25, -0.2) is 0 Å². The molecule has 1 N–H and O–H groups in total. The average Bonchev–Trinajstić information content (AvgIpc) is 1.97. The van der Waals surface area contributed by atoms with Crippen molar-refractivity contribution in [2.24, 2.45) is 4.88 Å². The molecule has 0 saturated heterocycles. The molecule has 0 bridgehead atoms. The molecule has 13 heavy (non-hydrogen) atoms. The minimum atomic E-state index is -1.94. The van der Waals surface area contributed by atoms with Crippen LogP contribution in [-0.4, -0.2) is 56.3 Å². The van der Waals surface area contributed by atoms with Gasteiger partial charge in [-0.15, -0.1) is 14.0 Å². The molecule has 0 atom stereocenters. The van der Waals surface area contributed by atoms with E-state index in [1.165, 1.54) is 0 Å². The standard InChI is InChI=1S/C6H19N6P/c1-10(2)13(9-8-7,11(3)4)12(5)6/h7H,1-6H3/q+2. The van der Waals surface area contributed by atoms with E-state index in [1.54, 1.807) is 0 Å². The van der Waals surface area contributed by atoms with Gasteiger partial charge in [0.25, 0.3) is 4.91 Å². The molecule has 0 radical (unpaired) electrons. The second-order valence-electron chi connectivity index (χ2n) is 3.27. The van der Waals surface area contributed by atoms with E-state index in [1.807, 2.05) is 56.3 Å². The first-order valence-electron chi connectivity index (χ1n) is 3.91. The van der Waals surface area contributed by atoms with E-state index in [2.05, 4.69) is 9.80 Å². The zero-order valence-electron chi connectivity index (χ0n) is 9.18. The van der Waals surface area contributed by atoms with Crippen LogP contribution in [0.15, 0.2) is 4.88 Å². The van der Waals surface area contributed by atoms with Crippen LogP contribution in [0.4, 0.5) is 0 Å². The molecule has 7 heteroatoms. The highest BCUT2D eigenvalue weighted by Gasteiger charge is 2.55. The molecule has 0 rings (SSSR count). The fraction of sp³-hybridized carbons (Fsp3) is 1.00. The maximum atomic E-state index is 6.84. The first-order chi connectivity index (χ1) is 5.89. The zero-order chi connectivity index (χ0) is 10.6. The smallest absolute Gasteiger partial charge is 0.127 e. The van der Waals surface area contributed by atoms with Crippen molar-refractivity contribution < 1.29 is 0 Å². The molecule has 0 aliphatic heterocycles. The second kappa shape index (κ2) is 4.74. The Morgan fingerprint density at radius 3 is 1.31 bits per heavy atom. The van der Waals surface area contributed by atoms with Crippen LogP contribution in [0.3, 0.4) is 0 Å². The van der Waals surface area contributed by atoms with E-state index in [-0.39, 0.29) is 0 Å². The van der Waals surface area contributed by atoms with Gasteiger partial charge in [-0.1, -0.05) is 0 Å². The molecule has 0 aromatic heterocycles. The van der Waals surface area contributed by atoms with Gasteiger partial charge in [-0.05, 0) is 0 Å². The Morgan fingerprint density at radius 2 is 1.23 bits per heavy atom. The summed E-state index contributed by atoms with van der Waals surface area (Å²) in [6, 6.07) is 0. The summed E-state index contributed by atoms with van der Waals surface area (Å²) in [7, 11) is 9.74. The second-order valence-corrected chi connectivity index (χ2v) is 6.92. The summed E-state index contributed by atoms with van der Waals surface area (Å²) in [6.07, 6.45) is 0. The van der Waals surface area contributed by atoms with E-state index in [0.29, 0.717) is 0 Å². The Morgan fingerprint density at radius 1 is 0.923 bits per heavy atom. The Labute approximate surface area is 80.3 Å². The van der Waals surface area contributed by atoms with Crippen molar-refractivity contribution in [2.45, 2.75) is 0 Å². The predicted octanol–water partition coefficient (Wildman–Crippen LogP) is 0.899.